The quantitative estimate of drug-likeness (QED) is 0.142. The Balaban J connectivity index is 0. The fraction of sp³-hybridized carbons (Fsp3) is 0.824. The number of halogens is 10. The highest BCUT2D eigenvalue weighted by Gasteiger charge is 2.68. The molecule has 0 aromatic rings. The molecule has 0 rings (SSSR count). The number of rotatable bonds is 13. The number of carbonyl (C=O) groups excluding carboxylic acids is 1. The zero-order valence-corrected chi connectivity index (χ0v) is 21.4. The van der Waals surface area contributed by atoms with Gasteiger partial charge in [0.05, 0.1) is 19.6 Å². The average Bonchev–Trinajstić information content (AvgIpc) is 2.70. The number of nitrogens with zero attached hydrogens (tertiary/aromatic N) is 2. The molecule has 0 aromatic carbocycles. The number of carbonyl (C=O) groups is 1. The van der Waals surface area contributed by atoms with Gasteiger partial charge in [-0.15, -0.1) is 0 Å². The van der Waals surface area contributed by atoms with Crippen LogP contribution in [0.1, 0.15) is 40.0 Å². The van der Waals surface area contributed by atoms with Crippen molar-refractivity contribution in [3.63, 3.8) is 0 Å². The van der Waals surface area contributed by atoms with Crippen LogP contribution in [0, 0.1) is 0 Å². The van der Waals surface area contributed by atoms with E-state index in [1.54, 1.807) is 0 Å². The summed E-state index contributed by atoms with van der Waals surface area (Å²) in [5.74, 6) is -0.0641. The summed E-state index contributed by atoms with van der Waals surface area (Å²) in [7, 11) is -15.2. The van der Waals surface area contributed by atoms with E-state index in [9.17, 15) is 65.5 Å². The van der Waals surface area contributed by atoms with E-state index in [1.807, 2.05) is 0 Å². The Morgan fingerprint density at radius 2 is 1.05 bits per heavy atom. The van der Waals surface area contributed by atoms with Gasteiger partial charge in [-0.1, -0.05) is 27.4 Å². The molecule has 0 bridgehead atoms. The van der Waals surface area contributed by atoms with Gasteiger partial charge in [-0.2, -0.15) is 43.9 Å². The lowest BCUT2D eigenvalue weighted by Crippen LogP contribution is -2.55. The van der Waals surface area contributed by atoms with E-state index in [-0.39, 0.29) is 5.91 Å². The lowest BCUT2D eigenvalue weighted by molar-refractivity contribution is -0.930. The number of hydrogen-bond acceptors (Lipinski definition) is 5. The molecular formula is C17H27F10N3O5S2. The van der Waals surface area contributed by atoms with E-state index < -0.39 is 42.9 Å². The molecule has 8 nitrogen and oxygen atoms in total. The molecule has 222 valence electrons. The summed E-state index contributed by atoms with van der Waals surface area (Å²) in [6.07, 6.45) is -9.19. The van der Waals surface area contributed by atoms with Crippen LogP contribution in [0.2, 0.25) is 0 Å². The second-order valence-electron chi connectivity index (χ2n) is 7.47. The summed E-state index contributed by atoms with van der Waals surface area (Å²) >= 11 is 0. The van der Waals surface area contributed by atoms with Crippen LogP contribution in [0.4, 0.5) is 43.9 Å². The molecule has 0 heterocycles. The molecule has 37 heavy (non-hydrogen) atoms. The van der Waals surface area contributed by atoms with Crippen molar-refractivity contribution in [3.05, 3.63) is 16.8 Å². The first-order valence-corrected chi connectivity index (χ1v) is 13.1. The molecule has 0 atom stereocenters. The molecule has 0 saturated heterocycles. The Labute approximate surface area is 207 Å². The van der Waals surface area contributed by atoms with Crippen molar-refractivity contribution in [3.8, 4) is 0 Å². The first kappa shape index (κ1) is 37.5. The predicted molar refractivity (Wildman–Crippen MR) is 112 cm³/mol. The molecule has 0 fully saturated rings. The predicted octanol–water partition coefficient (Wildman–Crippen LogP) is 4.62. The summed E-state index contributed by atoms with van der Waals surface area (Å²) in [4.78, 5) is 11.2. The maximum Gasteiger partial charge on any atom is 0.467 e. The Morgan fingerprint density at radius 3 is 1.27 bits per heavy atom. The topological polar surface area (TPSA) is 111 Å². The average molecular weight is 608 g/mol. The number of amides is 1. The Morgan fingerprint density at radius 1 is 0.757 bits per heavy atom. The van der Waals surface area contributed by atoms with Gasteiger partial charge in [-0.25, -0.2) is 16.8 Å². The fourth-order valence-corrected chi connectivity index (χ4v) is 5.20. The van der Waals surface area contributed by atoms with Crippen molar-refractivity contribution in [1.82, 2.24) is 5.32 Å². The maximum atomic E-state index is 12.3. The Kier molecular flexibility index (Phi) is 13.6. The van der Waals surface area contributed by atoms with Gasteiger partial charge in [0.1, 0.15) is 0 Å². The normalized spacial score (nSPS) is 14.0. The van der Waals surface area contributed by atoms with Crippen molar-refractivity contribution in [2.45, 2.75) is 62.9 Å². The molecule has 1 amide bonds. The van der Waals surface area contributed by atoms with Crippen molar-refractivity contribution in [2.75, 3.05) is 26.3 Å². The monoisotopic (exact) mass is 607 g/mol. The SMILES string of the molecule is C=CC(=O)NC[N+](CCC)(CCC)CCC.O=S(=O)([N-]S(=O)(=O)C(F)(F)C(F)(F)F)C(F)(F)C(F)(F)F. The molecule has 0 spiro atoms. The summed E-state index contributed by atoms with van der Waals surface area (Å²) in [5, 5.41) is -11.0. The molecule has 0 aliphatic heterocycles. The van der Waals surface area contributed by atoms with Gasteiger partial charge in [-0.3, -0.25) is 4.79 Å². The number of quaternary nitrogens is 1. The maximum absolute atomic E-state index is 12.3. The highest BCUT2D eigenvalue weighted by Crippen LogP contribution is 2.47. The van der Waals surface area contributed by atoms with Crippen molar-refractivity contribution >= 4 is 26.0 Å². The third kappa shape index (κ3) is 9.86. The number of hydrogen-bond donors (Lipinski definition) is 1. The molecule has 20 heteroatoms. The van der Waals surface area contributed by atoms with Gasteiger partial charge >= 0.3 is 22.9 Å². The van der Waals surface area contributed by atoms with E-state index in [2.05, 4.69) is 32.7 Å². The lowest BCUT2D eigenvalue weighted by Gasteiger charge is -2.38. The molecule has 0 unspecified atom stereocenters. The molecule has 0 aromatic heterocycles. The number of sulfonamides is 2. The van der Waals surface area contributed by atoms with E-state index in [1.165, 1.54) is 6.08 Å². The third-order valence-corrected chi connectivity index (χ3v) is 7.70. The third-order valence-electron chi connectivity index (χ3n) is 4.37. The molecule has 1 N–H and O–H groups in total. The highest BCUT2D eigenvalue weighted by molar-refractivity contribution is 8.13. The van der Waals surface area contributed by atoms with Crippen LogP contribution in [0.3, 0.4) is 0 Å². The molecule has 0 aliphatic rings. The summed E-state index contributed by atoms with van der Waals surface area (Å²) in [6.45, 7) is 14.2. The standard InChI is InChI=1S/C13H26N2O.C4F10NO4S2/c1-5-9-15(10-6-2,11-7-3)12-14-13(16)8-4;5-1(6,7)3(11,12)20(16,17)15-21(18,19)4(13,14)2(8,9)10/h8H,4-7,9-12H2,1-3H3;/q;-1/p+1. The van der Waals surface area contributed by atoms with Crippen LogP contribution in [0.5, 0.6) is 0 Å². The largest absolute Gasteiger partial charge is 0.467 e. The van der Waals surface area contributed by atoms with Crippen molar-refractivity contribution < 1.29 is 70.0 Å². The van der Waals surface area contributed by atoms with Gasteiger partial charge in [0.25, 0.3) is 0 Å². The van der Waals surface area contributed by atoms with Crippen molar-refractivity contribution in [2.24, 2.45) is 0 Å². The van der Waals surface area contributed by atoms with Crippen LogP contribution in [-0.4, -0.2) is 76.4 Å². The zero-order valence-electron chi connectivity index (χ0n) is 19.8. The lowest BCUT2D eigenvalue weighted by atomic mass is 10.2. The van der Waals surface area contributed by atoms with Crippen LogP contribution in [0.15, 0.2) is 12.7 Å². The van der Waals surface area contributed by atoms with Crippen LogP contribution < -0.4 is 5.32 Å². The smallest absolute Gasteiger partial charge is 0.425 e. The second kappa shape index (κ2) is 13.4. The summed E-state index contributed by atoms with van der Waals surface area (Å²) in [5.41, 5.74) is 0. The minimum Gasteiger partial charge on any atom is -0.425 e. The van der Waals surface area contributed by atoms with E-state index in [4.69, 9.17) is 0 Å². The van der Waals surface area contributed by atoms with Gasteiger partial charge in [0.2, 0.25) is 5.91 Å². The Bertz CT molecular complexity index is 894. The minimum atomic E-state index is -7.62. The highest BCUT2D eigenvalue weighted by atomic mass is 32.3. The summed E-state index contributed by atoms with van der Waals surface area (Å²) in [6, 6.07) is 0. The molecule has 0 aliphatic carbocycles. The van der Waals surface area contributed by atoms with Crippen LogP contribution in [-0.2, 0) is 24.8 Å². The Hall–Kier alpha value is -1.67. The number of nitrogens with one attached hydrogen (secondary N) is 1. The van der Waals surface area contributed by atoms with Gasteiger partial charge in [0, 0.05) is 0 Å². The first-order chi connectivity index (χ1) is 16.3. The van der Waals surface area contributed by atoms with Crippen LogP contribution >= 0.6 is 0 Å². The first-order valence-electron chi connectivity index (χ1n) is 10.2. The molecule has 0 radical (unpaired) electrons. The second-order valence-corrected chi connectivity index (χ2v) is 11.0. The van der Waals surface area contributed by atoms with E-state index >= 15 is 0 Å². The minimum absolute atomic E-state index is 0.0641. The van der Waals surface area contributed by atoms with Crippen LogP contribution in [0.25, 0.3) is 4.13 Å². The van der Waals surface area contributed by atoms with E-state index in [0.29, 0.717) is 4.13 Å². The van der Waals surface area contributed by atoms with Crippen molar-refractivity contribution in [1.29, 1.82) is 0 Å². The van der Waals surface area contributed by atoms with Gasteiger partial charge in [0.15, 0.2) is 26.7 Å². The summed E-state index contributed by atoms with van der Waals surface area (Å²) < 4.78 is 162. The number of alkyl halides is 10. The van der Waals surface area contributed by atoms with E-state index in [0.717, 1.165) is 50.0 Å². The van der Waals surface area contributed by atoms with Gasteiger partial charge < -0.3 is 13.9 Å². The fourth-order valence-electron chi connectivity index (χ4n) is 2.83. The molecular weight excluding hydrogens is 580 g/mol. The zero-order chi connectivity index (χ0) is 30.1. The molecule has 0 saturated carbocycles. The van der Waals surface area contributed by atoms with Gasteiger partial charge in [-0.05, 0) is 25.3 Å².